The van der Waals surface area contributed by atoms with Crippen LogP contribution >= 0.6 is 0 Å². The lowest BCUT2D eigenvalue weighted by atomic mass is 9.78. The summed E-state index contributed by atoms with van der Waals surface area (Å²) in [6.07, 6.45) is 7.11. The van der Waals surface area contributed by atoms with Crippen molar-refractivity contribution in [2.24, 2.45) is 11.8 Å². The van der Waals surface area contributed by atoms with Gasteiger partial charge in [0, 0.05) is 19.3 Å². The summed E-state index contributed by atoms with van der Waals surface area (Å²) in [6.45, 7) is 9.58. The van der Waals surface area contributed by atoms with Crippen LogP contribution in [0.2, 0.25) is 0 Å². The van der Waals surface area contributed by atoms with Crippen LogP contribution in [0, 0.1) is 11.8 Å². The second-order valence-corrected chi connectivity index (χ2v) is 4.75. The lowest BCUT2D eigenvalue weighted by Crippen LogP contribution is -2.31. The predicted molar refractivity (Wildman–Crippen MR) is 66.0 cm³/mol. The third-order valence-electron chi connectivity index (χ3n) is 3.29. The fraction of sp³-hybridized carbons (Fsp3) is 0.643. The number of carbonyl (C=O) groups excluding carboxylic acids is 1. The maximum Gasteiger partial charge on any atom is 0.302 e. The van der Waals surface area contributed by atoms with Gasteiger partial charge >= 0.3 is 5.97 Å². The van der Waals surface area contributed by atoms with Gasteiger partial charge in [-0.1, -0.05) is 24.6 Å². The molecule has 0 amide bonds. The number of hydrogen-bond donors (Lipinski definition) is 0. The standard InChI is InChI=1S/C14H22O2/c1-5-6-14(16-12(4)15)13-8-7-10(2)9-11(13)3/h5,9,11,13-14H,1,6-8H2,2-4H3. The molecule has 0 spiro atoms. The van der Waals surface area contributed by atoms with Crippen molar-refractivity contribution in [2.45, 2.75) is 46.1 Å². The van der Waals surface area contributed by atoms with E-state index in [1.165, 1.54) is 12.5 Å². The topological polar surface area (TPSA) is 26.3 Å². The summed E-state index contributed by atoms with van der Waals surface area (Å²) in [6, 6.07) is 0. The van der Waals surface area contributed by atoms with Crippen LogP contribution in [0.5, 0.6) is 0 Å². The molecule has 0 saturated heterocycles. The number of rotatable bonds is 4. The van der Waals surface area contributed by atoms with E-state index in [0.717, 1.165) is 19.3 Å². The molecule has 0 aromatic heterocycles. The van der Waals surface area contributed by atoms with Crippen molar-refractivity contribution in [3.05, 3.63) is 24.3 Å². The molecule has 0 aromatic carbocycles. The normalized spacial score (nSPS) is 26.8. The molecule has 0 aromatic rings. The van der Waals surface area contributed by atoms with Crippen LogP contribution in [-0.4, -0.2) is 12.1 Å². The Bertz CT molecular complexity index is 291. The SMILES string of the molecule is C=CCC(OC(C)=O)C1CCC(C)=CC1C. The van der Waals surface area contributed by atoms with Crippen molar-refractivity contribution in [1.82, 2.24) is 0 Å². The molecule has 2 heteroatoms. The predicted octanol–water partition coefficient (Wildman–Crippen LogP) is 3.49. The molecule has 0 bridgehead atoms. The largest absolute Gasteiger partial charge is 0.462 e. The quantitative estimate of drug-likeness (QED) is 0.537. The van der Waals surface area contributed by atoms with E-state index >= 15 is 0 Å². The van der Waals surface area contributed by atoms with Crippen molar-refractivity contribution in [2.75, 3.05) is 0 Å². The van der Waals surface area contributed by atoms with Crippen LogP contribution in [0.15, 0.2) is 24.3 Å². The van der Waals surface area contributed by atoms with Crippen molar-refractivity contribution in [3.8, 4) is 0 Å². The first-order chi connectivity index (χ1) is 7.54. The van der Waals surface area contributed by atoms with Gasteiger partial charge in [-0.05, 0) is 25.7 Å². The Hall–Kier alpha value is -1.05. The van der Waals surface area contributed by atoms with Crippen LogP contribution in [0.3, 0.4) is 0 Å². The van der Waals surface area contributed by atoms with Gasteiger partial charge in [0.2, 0.25) is 0 Å². The zero-order valence-corrected chi connectivity index (χ0v) is 10.5. The summed E-state index contributed by atoms with van der Waals surface area (Å²) in [4.78, 5) is 11.1. The first-order valence-corrected chi connectivity index (χ1v) is 6.00. The fourth-order valence-corrected chi connectivity index (χ4v) is 2.53. The molecule has 0 fully saturated rings. The second-order valence-electron chi connectivity index (χ2n) is 4.75. The van der Waals surface area contributed by atoms with E-state index in [4.69, 9.17) is 4.74 Å². The first kappa shape index (κ1) is 13.0. The molecule has 1 aliphatic carbocycles. The van der Waals surface area contributed by atoms with Crippen LogP contribution in [0.25, 0.3) is 0 Å². The van der Waals surface area contributed by atoms with Gasteiger partial charge in [0.1, 0.15) is 6.10 Å². The molecule has 2 nitrogen and oxygen atoms in total. The van der Waals surface area contributed by atoms with E-state index < -0.39 is 0 Å². The minimum Gasteiger partial charge on any atom is -0.462 e. The Morgan fingerprint density at radius 3 is 2.94 bits per heavy atom. The Balaban J connectivity index is 2.70. The van der Waals surface area contributed by atoms with E-state index in [-0.39, 0.29) is 12.1 Å². The van der Waals surface area contributed by atoms with Crippen molar-refractivity contribution >= 4 is 5.97 Å². The molecule has 0 aliphatic heterocycles. The van der Waals surface area contributed by atoms with Crippen molar-refractivity contribution in [3.63, 3.8) is 0 Å². The van der Waals surface area contributed by atoms with E-state index in [1.54, 1.807) is 0 Å². The van der Waals surface area contributed by atoms with Gasteiger partial charge in [-0.15, -0.1) is 6.58 Å². The second kappa shape index (κ2) is 5.88. The van der Waals surface area contributed by atoms with Gasteiger partial charge in [0.05, 0.1) is 0 Å². The molecule has 90 valence electrons. The summed E-state index contributed by atoms with van der Waals surface area (Å²) in [7, 11) is 0. The number of carbonyl (C=O) groups is 1. The van der Waals surface area contributed by atoms with E-state index in [0.29, 0.717) is 11.8 Å². The average molecular weight is 222 g/mol. The van der Waals surface area contributed by atoms with Gasteiger partial charge in [0.15, 0.2) is 0 Å². The minimum atomic E-state index is -0.190. The highest BCUT2D eigenvalue weighted by atomic mass is 16.5. The molecule has 16 heavy (non-hydrogen) atoms. The third-order valence-corrected chi connectivity index (χ3v) is 3.29. The summed E-state index contributed by atoms with van der Waals surface area (Å²) in [5.41, 5.74) is 1.45. The maximum atomic E-state index is 11.1. The number of esters is 1. The molecule has 0 N–H and O–H groups in total. The smallest absolute Gasteiger partial charge is 0.302 e. The highest BCUT2D eigenvalue weighted by Gasteiger charge is 2.29. The molecule has 3 atom stereocenters. The molecule has 1 rings (SSSR count). The monoisotopic (exact) mass is 222 g/mol. The summed E-state index contributed by atoms with van der Waals surface area (Å²) >= 11 is 0. The highest BCUT2D eigenvalue weighted by molar-refractivity contribution is 5.66. The van der Waals surface area contributed by atoms with E-state index in [2.05, 4.69) is 26.5 Å². The molecule has 0 saturated carbocycles. The van der Waals surface area contributed by atoms with Crippen LogP contribution in [0.1, 0.15) is 40.0 Å². The van der Waals surface area contributed by atoms with Gasteiger partial charge in [0.25, 0.3) is 0 Å². The number of allylic oxidation sites excluding steroid dienone is 2. The molecular formula is C14H22O2. The minimum absolute atomic E-state index is 0.00523. The Morgan fingerprint density at radius 2 is 2.44 bits per heavy atom. The Labute approximate surface area is 98.4 Å². The maximum absolute atomic E-state index is 11.1. The van der Waals surface area contributed by atoms with Crippen LogP contribution in [0.4, 0.5) is 0 Å². The number of ether oxygens (including phenoxy) is 1. The van der Waals surface area contributed by atoms with Gasteiger partial charge < -0.3 is 4.74 Å². The van der Waals surface area contributed by atoms with E-state index in [9.17, 15) is 4.79 Å². The molecule has 1 aliphatic rings. The molecule has 0 radical (unpaired) electrons. The van der Waals surface area contributed by atoms with Crippen molar-refractivity contribution in [1.29, 1.82) is 0 Å². The Morgan fingerprint density at radius 1 is 1.75 bits per heavy atom. The third kappa shape index (κ3) is 3.51. The Kier molecular flexibility index (Phi) is 4.78. The first-order valence-electron chi connectivity index (χ1n) is 6.00. The van der Waals surface area contributed by atoms with Crippen molar-refractivity contribution < 1.29 is 9.53 Å². The molecule has 0 heterocycles. The molecule has 3 unspecified atom stereocenters. The van der Waals surface area contributed by atoms with Gasteiger partial charge in [-0.3, -0.25) is 4.79 Å². The lowest BCUT2D eigenvalue weighted by Gasteiger charge is -2.32. The van der Waals surface area contributed by atoms with Crippen LogP contribution in [-0.2, 0) is 9.53 Å². The summed E-state index contributed by atoms with van der Waals surface area (Å²) in [5.74, 6) is 0.731. The van der Waals surface area contributed by atoms with Gasteiger partial charge in [-0.25, -0.2) is 0 Å². The van der Waals surface area contributed by atoms with E-state index in [1.807, 2.05) is 6.08 Å². The van der Waals surface area contributed by atoms with Crippen LogP contribution < -0.4 is 0 Å². The highest BCUT2D eigenvalue weighted by Crippen LogP contribution is 2.33. The van der Waals surface area contributed by atoms with Gasteiger partial charge in [-0.2, -0.15) is 0 Å². The zero-order valence-electron chi connectivity index (χ0n) is 10.5. The number of hydrogen-bond acceptors (Lipinski definition) is 2. The molecular weight excluding hydrogens is 200 g/mol. The summed E-state index contributed by atoms with van der Waals surface area (Å²) < 4.78 is 5.40. The average Bonchev–Trinajstić information content (AvgIpc) is 2.16. The zero-order chi connectivity index (χ0) is 12.1. The lowest BCUT2D eigenvalue weighted by molar-refractivity contribution is -0.149. The fourth-order valence-electron chi connectivity index (χ4n) is 2.53. The summed E-state index contributed by atoms with van der Waals surface area (Å²) in [5, 5.41) is 0.